The van der Waals surface area contributed by atoms with Crippen LogP contribution in [0.1, 0.15) is 63.6 Å². The molecule has 7 heteroatoms. The summed E-state index contributed by atoms with van der Waals surface area (Å²) in [7, 11) is 1.79. The summed E-state index contributed by atoms with van der Waals surface area (Å²) in [6, 6.07) is 0.267. The van der Waals surface area contributed by atoms with Crippen LogP contribution in [-0.4, -0.2) is 47.9 Å². The van der Waals surface area contributed by atoms with Crippen LogP contribution < -0.4 is 10.6 Å². The highest BCUT2D eigenvalue weighted by atomic mass is 32.1. The maximum absolute atomic E-state index is 12.6. The molecule has 0 radical (unpaired) electrons. The Morgan fingerprint density at radius 3 is 2.70 bits per heavy atom. The van der Waals surface area contributed by atoms with Crippen molar-refractivity contribution in [1.29, 1.82) is 0 Å². The monoisotopic (exact) mass is 391 g/mol. The molecule has 150 valence electrons. The summed E-state index contributed by atoms with van der Waals surface area (Å²) in [4.78, 5) is 23.7. The van der Waals surface area contributed by atoms with Crippen molar-refractivity contribution in [3.8, 4) is 0 Å². The lowest BCUT2D eigenvalue weighted by Gasteiger charge is -2.21. The summed E-state index contributed by atoms with van der Waals surface area (Å²) in [6.07, 6.45) is 5.53. The molecule has 1 saturated carbocycles. The number of hydrogen-bond acceptors (Lipinski definition) is 4. The minimum atomic E-state index is 0.0772. The first-order valence-corrected chi connectivity index (χ1v) is 11.0. The van der Waals surface area contributed by atoms with E-state index in [-0.39, 0.29) is 17.4 Å². The molecule has 0 spiro atoms. The number of hydrogen-bond donors (Lipinski definition) is 2. The highest BCUT2D eigenvalue weighted by Crippen LogP contribution is 2.28. The van der Waals surface area contributed by atoms with Crippen LogP contribution in [0.25, 0.3) is 0 Å². The molecule has 0 bridgehead atoms. The van der Waals surface area contributed by atoms with E-state index in [9.17, 15) is 4.79 Å². The molecule has 0 aromatic carbocycles. The van der Waals surface area contributed by atoms with Gasteiger partial charge in [-0.3, -0.25) is 9.79 Å². The van der Waals surface area contributed by atoms with Gasteiger partial charge in [-0.05, 0) is 19.3 Å². The third kappa shape index (κ3) is 5.21. The number of guanidine groups is 1. The second kappa shape index (κ2) is 8.59. The van der Waals surface area contributed by atoms with Crippen LogP contribution in [0.4, 0.5) is 0 Å². The molecule has 1 aliphatic heterocycles. The van der Waals surface area contributed by atoms with E-state index in [0.29, 0.717) is 12.5 Å². The Labute approximate surface area is 166 Å². The molecule has 1 aromatic heterocycles. The fraction of sp³-hybridized carbons (Fsp3) is 0.750. The molecule has 2 heterocycles. The van der Waals surface area contributed by atoms with Crippen LogP contribution in [0.5, 0.6) is 0 Å². The molecule has 2 N–H and O–H groups in total. The van der Waals surface area contributed by atoms with Gasteiger partial charge in [-0.2, -0.15) is 0 Å². The predicted molar refractivity (Wildman–Crippen MR) is 111 cm³/mol. The summed E-state index contributed by atoms with van der Waals surface area (Å²) in [6.45, 7) is 8.83. The highest BCUT2D eigenvalue weighted by Gasteiger charge is 2.32. The van der Waals surface area contributed by atoms with Crippen LogP contribution in [0.3, 0.4) is 0 Å². The Hall–Kier alpha value is -1.63. The van der Waals surface area contributed by atoms with Crippen molar-refractivity contribution in [3.63, 3.8) is 0 Å². The Morgan fingerprint density at radius 1 is 1.33 bits per heavy atom. The number of thiazole rings is 1. The second-order valence-corrected chi connectivity index (χ2v) is 9.64. The Balaban J connectivity index is 1.46. The van der Waals surface area contributed by atoms with Crippen LogP contribution in [-0.2, 0) is 16.8 Å². The average Bonchev–Trinajstić information content (AvgIpc) is 3.39. The van der Waals surface area contributed by atoms with E-state index in [4.69, 9.17) is 4.98 Å². The summed E-state index contributed by atoms with van der Waals surface area (Å²) >= 11 is 1.68. The normalized spacial score (nSPS) is 21.7. The molecule has 1 aromatic rings. The molecule has 6 nitrogen and oxygen atoms in total. The fourth-order valence-electron chi connectivity index (χ4n) is 3.79. The Morgan fingerprint density at radius 2 is 2.07 bits per heavy atom. The summed E-state index contributed by atoms with van der Waals surface area (Å²) in [5.74, 6) is 1.41. The van der Waals surface area contributed by atoms with E-state index < -0.39 is 0 Å². The van der Waals surface area contributed by atoms with E-state index in [1.54, 1.807) is 18.4 Å². The zero-order chi connectivity index (χ0) is 19.4. The van der Waals surface area contributed by atoms with E-state index in [1.807, 2.05) is 4.90 Å². The Bertz CT molecular complexity index is 672. The molecule has 1 amide bonds. The van der Waals surface area contributed by atoms with Gasteiger partial charge in [-0.25, -0.2) is 4.98 Å². The molecule has 1 saturated heterocycles. The molecule has 1 atom stereocenters. The van der Waals surface area contributed by atoms with E-state index in [2.05, 4.69) is 41.8 Å². The number of aromatic nitrogens is 1. The smallest absolute Gasteiger partial charge is 0.225 e. The van der Waals surface area contributed by atoms with Gasteiger partial charge in [0.05, 0.1) is 12.2 Å². The number of rotatable bonds is 4. The number of likely N-dealkylation sites (tertiary alicyclic amines) is 1. The molecule has 2 aliphatic rings. The molecule has 1 aliphatic carbocycles. The van der Waals surface area contributed by atoms with Crippen LogP contribution in [0.2, 0.25) is 0 Å². The van der Waals surface area contributed by atoms with E-state index in [0.717, 1.165) is 49.0 Å². The van der Waals surface area contributed by atoms with Crippen LogP contribution in [0.15, 0.2) is 10.4 Å². The third-order valence-corrected chi connectivity index (χ3v) is 6.34. The standard InChI is InChI=1S/C20H33N5OS/c1-20(2,3)16-13-27-17(24-16)11-22-19(21-4)23-15-9-10-25(12-15)18(26)14-7-5-6-8-14/h13-15H,5-12H2,1-4H3,(H2,21,22,23). The first kappa shape index (κ1) is 20.1. The molecular weight excluding hydrogens is 358 g/mol. The average molecular weight is 392 g/mol. The number of carbonyl (C=O) groups is 1. The minimum Gasteiger partial charge on any atom is -0.352 e. The molecule has 27 heavy (non-hydrogen) atoms. The van der Waals surface area contributed by atoms with Gasteiger partial charge in [0.15, 0.2) is 5.96 Å². The lowest BCUT2D eigenvalue weighted by atomic mass is 9.93. The number of aliphatic imine (C=N–C) groups is 1. The summed E-state index contributed by atoms with van der Waals surface area (Å²) in [5, 5.41) is 10.0. The molecule has 2 fully saturated rings. The number of nitrogens with zero attached hydrogens (tertiary/aromatic N) is 3. The van der Waals surface area contributed by atoms with Gasteiger partial charge >= 0.3 is 0 Å². The van der Waals surface area contributed by atoms with Crippen molar-refractivity contribution in [2.24, 2.45) is 10.9 Å². The SMILES string of the molecule is CN=C(NCc1nc(C(C)(C)C)cs1)NC1CCN(C(=O)C2CCCC2)C1. The molecule has 1 unspecified atom stereocenters. The van der Waals surface area contributed by atoms with Crippen molar-refractivity contribution < 1.29 is 4.79 Å². The molecular formula is C20H33N5OS. The quantitative estimate of drug-likeness (QED) is 0.612. The number of carbonyl (C=O) groups excluding carboxylic acids is 1. The van der Waals surface area contributed by atoms with Crippen LogP contribution in [0, 0.1) is 5.92 Å². The van der Waals surface area contributed by atoms with Gasteiger partial charge in [0.25, 0.3) is 0 Å². The van der Waals surface area contributed by atoms with Gasteiger partial charge < -0.3 is 15.5 Å². The minimum absolute atomic E-state index is 0.0772. The summed E-state index contributed by atoms with van der Waals surface area (Å²) < 4.78 is 0. The number of amides is 1. The van der Waals surface area contributed by atoms with Crippen molar-refractivity contribution in [1.82, 2.24) is 20.5 Å². The highest BCUT2D eigenvalue weighted by molar-refractivity contribution is 7.09. The first-order chi connectivity index (χ1) is 12.9. The zero-order valence-electron chi connectivity index (χ0n) is 17.0. The lowest BCUT2D eigenvalue weighted by molar-refractivity contribution is -0.134. The maximum Gasteiger partial charge on any atom is 0.225 e. The second-order valence-electron chi connectivity index (χ2n) is 8.70. The van der Waals surface area contributed by atoms with Crippen molar-refractivity contribution in [3.05, 3.63) is 16.1 Å². The van der Waals surface area contributed by atoms with E-state index in [1.165, 1.54) is 12.8 Å². The van der Waals surface area contributed by atoms with Crippen molar-refractivity contribution in [2.45, 2.75) is 70.9 Å². The van der Waals surface area contributed by atoms with Gasteiger partial charge in [-0.15, -0.1) is 11.3 Å². The lowest BCUT2D eigenvalue weighted by Crippen LogP contribution is -2.45. The van der Waals surface area contributed by atoms with Crippen molar-refractivity contribution in [2.75, 3.05) is 20.1 Å². The topological polar surface area (TPSA) is 69.6 Å². The van der Waals surface area contributed by atoms with Gasteiger partial charge in [0.1, 0.15) is 5.01 Å². The predicted octanol–water partition coefficient (Wildman–Crippen LogP) is 2.90. The van der Waals surface area contributed by atoms with Gasteiger partial charge in [0.2, 0.25) is 5.91 Å². The molecule has 3 rings (SSSR count). The summed E-state index contributed by atoms with van der Waals surface area (Å²) in [5.41, 5.74) is 1.21. The maximum atomic E-state index is 12.6. The number of nitrogens with one attached hydrogen (secondary N) is 2. The van der Waals surface area contributed by atoms with Crippen LogP contribution >= 0.6 is 11.3 Å². The third-order valence-electron chi connectivity index (χ3n) is 5.50. The fourth-order valence-corrected chi connectivity index (χ4v) is 4.75. The van der Waals surface area contributed by atoms with E-state index >= 15 is 0 Å². The van der Waals surface area contributed by atoms with Gasteiger partial charge in [-0.1, -0.05) is 33.6 Å². The first-order valence-electron chi connectivity index (χ1n) is 10.1. The largest absolute Gasteiger partial charge is 0.352 e. The zero-order valence-corrected chi connectivity index (χ0v) is 17.9. The van der Waals surface area contributed by atoms with Crippen molar-refractivity contribution >= 4 is 23.2 Å². The van der Waals surface area contributed by atoms with Gasteiger partial charge in [0, 0.05) is 42.9 Å². The Kier molecular flexibility index (Phi) is 6.40.